The average Bonchev–Trinajstić information content (AvgIpc) is 3.24. The van der Waals surface area contributed by atoms with Crippen molar-refractivity contribution in [3.8, 4) is 0 Å². The Morgan fingerprint density at radius 3 is 2.68 bits per heavy atom. The first-order chi connectivity index (χ1) is 14.7. The van der Waals surface area contributed by atoms with Gasteiger partial charge >= 0.3 is 10.3 Å². The molecule has 4 rings (SSSR count). The molecule has 1 saturated carbocycles. The molecular weight excluding hydrogens is 422 g/mol. The highest BCUT2D eigenvalue weighted by Crippen LogP contribution is 2.44. The van der Waals surface area contributed by atoms with Crippen molar-refractivity contribution in [1.82, 2.24) is 19.5 Å². The van der Waals surface area contributed by atoms with Crippen molar-refractivity contribution in [3.63, 3.8) is 0 Å². The molecule has 1 fully saturated rings. The molecule has 0 saturated heterocycles. The standard InChI is InChI=1S/C20H25N5O5S/c1-20(27)16(9-14(18(20)26)10-30-31(21,28)29)25-12-24-17-15(22-11-23-19(17)25)8-7-13-5-3-2-4-6-13/h2-6,11-12,14,16,18,26-27H,7-10H2,1H3,(H2,21,28,29)/t14-,16-,18-,20+/m1/s1. The zero-order valence-corrected chi connectivity index (χ0v) is 17.8. The summed E-state index contributed by atoms with van der Waals surface area (Å²) in [5.74, 6) is -0.629. The van der Waals surface area contributed by atoms with Gasteiger partial charge in [-0.1, -0.05) is 30.3 Å². The van der Waals surface area contributed by atoms with Gasteiger partial charge in [0, 0.05) is 5.92 Å². The summed E-state index contributed by atoms with van der Waals surface area (Å²) >= 11 is 0. The van der Waals surface area contributed by atoms with Gasteiger partial charge in [-0.05, 0) is 31.7 Å². The van der Waals surface area contributed by atoms with E-state index in [0.717, 1.165) is 12.1 Å². The normalized spacial score (nSPS) is 26.5. The van der Waals surface area contributed by atoms with Gasteiger partial charge in [0.25, 0.3) is 0 Å². The number of imidazole rings is 1. The fraction of sp³-hybridized carbons (Fsp3) is 0.450. The smallest absolute Gasteiger partial charge is 0.333 e. The Morgan fingerprint density at radius 2 is 1.97 bits per heavy atom. The SMILES string of the molecule is C[C@@]1(O)[C@H](O)[C@@H](COS(N)(=O)=O)C[C@H]1n1cnc2c(CCc3ccccc3)ncnc21. The Kier molecular flexibility index (Phi) is 5.79. The van der Waals surface area contributed by atoms with Crippen LogP contribution < -0.4 is 5.14 Å². The quantitative estimate of drug-likeness (QED) is 0.473. The van der Waals surface area contributed by atoms with Gasteiger partial charge in [0.1, 0.15) is 17.4 Å². The van der Waals surface area contributed by atoms with E-state index in [1.54, 1.807) is 10.9 Å². The van der Waals surface area contributed by atoms with Gasteiger partial charge in [0.15, 0.2) is 5.65 Å². The number of hydrogen-bond donors (Lipinski definition) is 3. The number of benzene rings is 1. The van der Waals surface area contributed by atoms with Gasteiger partial charge in [-0.2, -0.15) is 8.42 Å². The monoisotopic (exact) mass is 447 g/mol. The van der Waals surface area contributed by atoms with E-state index >= 15 is 0 Å². The number of aromatic nitrogens is 4. The van der Waals surface area contributed by atoms with Crippen molar-refractivity contribution in [1.29, 1.82) is 0 Å². The maximum atomic E-state index is 11.1. The first kappa shape index (κ1) is 21.8. The molecule has 3 aromatic rings. The van der Waals surface area contributed by atoms with Crippen molar-refractivity contribution < 1.29 is 22.8 Å². The van der Waals surface area contributed by atoms with E-state index in [4.69, 9.17) is 5.14 Å². The number of hydrogen-bond acceptors (Lipinski definition) is 8. The van der Waals surface area contributed by atoms with Crippen LogP contribution in [-0.4, -0.2) is 56.5 Å². The van der Waals surface area contributed by atoms with Crippen molar-refractivity contribution in [3.05, 3.63) is 54.2 Å². The molecule has 0 amide bonds. The van der Waals surface area contributed by atoms with Gasteiger partial charge < -0.3 is 14.8 Å². The molecule has 4 atom stereocenters. The lowest BCUT2D eigenvalue weighted by molar-refractivity contribution is -0.0764. The molecular formula is C20H25N5O5S. The molecule has 11 heteroatoms. The largest absolute Gasteiger partial charge is 0.390 e. The number of fused-ring (bicyclic) bond motifs is 1. The van der Waals surface area contributed by atoms with Crippen LogP contribution in [0.3, 0.4) is 0 Å². The topological polar surface area (TPSA) is 153 Å². The Labute approximate surface area is 180 Å². The molecule has 0 unspecified atom stereocenters. The van der Waals surface area contributed by atoms with Crippen LogP contribution in [0, 0.1) is 5.92 Å². The van der Waals surface area contributed by atoms with Crippen molar-refractivity contribution >= 4 is 21.5 Å². The number of nitrogens with zero attached hydrogens (tertiary/aromatic N) is 4. The minimum Gasteiger partial charge on any atom is -0.390 e. The zero-order chi connectivity index (χ0) is 22.2. The molecule has 1 aliphatic carbocycles. The third-order valence-corrected chi connectivity index (χ3v) is 6.42. The first-order valence-electron chi connectivity index (χ1n) is 9.94. The van der Waals surface area contributed by atoms with Crippen LogP contribution in [0.5, 0.6) is 0 Å². The second-order valence-electron chi connectivity index (χ2n) is 8.09. The number of aliphatic hydroxyl groups is 2. The van der Waals surface area contributed by atoms with E-state index in [0.29, 0.717) is 17.6 Å². The molecule has 2 heterocycles. The van der Waals surface area contributed by atoms with Crippen LogP contribution >= 0.6 is 0 Å². The van der Waals surface area contributed by atoms with Gasteiger partial charge in [-0.3, -0.25) is 4.18 Å². The molecule has 0 spiro atoms. The molecule has 10 nitrogen and oxygen atoms in total. The van der Waals surface area contributed by atoms with Crippen molar-refractivity contribution in [2.45, 2.75) is 43.9 Å². The number of aliphatic hydroxyl groups excluding tert-OH is 1. The lowest BCUT2D eigenvalue weighted by Crippen LogP contribution is -2.43. The predicted molar refractivity (Wildman–Crippen MR) is 112 cm³/mol. The first-order valence-corrected chi connectivity index (χ1v) is 11.4. The fourth-order valence-corrected chi connectivity index (χ4v) is 4.65. The Bertz CT molecular complexity index is 1170. The average molecular weight is 448 g/mol. The highest BCUT2D eigenvalue weighted by atomic mass is 32.2. The summed E-state index contributed by atoms with van der Waals surface area (Å²) in [6.45, 7) is 1.18. The third-order valence-electron chi connectivity index (χ3n) is 5.96. The summed E-state index contributed by atoms with van der Waals surface area (Å²) < 4.78 is 28.6. The summed E-state index contributed by atoms with van der Waals surface area (Å²) in [6, 6.07) is 9.47. The summed E-state index contributed by atoms with van der Waals surface area (Å²) in [5.41, 5.74) is 1.61. The lowest BCUT2D eigenvalue weighted by atomic mass is 9.96. The van der Waals surface area contributed by atoms with Crippen molar-refractivity contribution in [2.75, 3.05) is 6.61 Å². The number of rotatable bonds is 7. The third kappa shape index (κ3) is 4.46. The molecule has 0 bridgehead atoms. The molecule has 0 radical (unpaired) electrons. The van der Waals surface area contributed by atoms with Crippen LogP contribution in [0.25, 0.3) is 11.2 Å². The van der Waals surface area contributed by atoms with Crippen LogP contribution in [0.15, 0.2) is 43.0 Å². The van der Waals surface area contributed by atoms with Gasteiger partial charge in [-0.25, -0.2) is 20.1 Å². The van der Waals surface area contributed by atoms with Crippen molar-refractivity contribution in [2.24, 2.45) is 11.1 Å². The van der Waals surface area contributed by atoms with Crippen LogP contribution in [-0.2, 0) is 27.3 Å². The Hall–Kier alpha value is -2.44. The number of aryl methyl sites for hydroxylation is 2. The number of nitrogens with two attached hydrogens (primary N) is 1. The minimum absolute atomic E-state index is 0.262. The van der Waals surface area contributed by atoms with Gasteiger partial charge in [0.2, 0.25) is 0 Å². The van der Waals surface area contributed by atoms with E-state index in [9.17, 15) is 18.6 Å². The fourth-order valence-electron chi connectivity index (χ4n) is 4.28. The minimum atomic E-state index is -4.15. The molecule has 166 valence electrons. The van der Waals surface area contributed by atoms with Gasteiger partial charge in [0.05, 0.1) is 30.8 Å². The van der Waals surface area contributed by atoms with E-state index in [1.165, 1.54) is 18.8 Å². The second kappa shape index (κ2) is 8.24. The summed E-state index contributed by atoms with van der Waals surface area (Å²) in [5, 5.41) is 26.5. The summed E-state index contributed by atoms with van der Waals surface area (Å²) in [6.07, 6.45) is 3.55. The highest BCUT2D eigenvalue weighted by Gasteiger charge is 2.52. The Balaban J connectivity index is 1.59. The summed E-state index contributed by atoms with van der Waals surface area (Å²) in [7, 11) is -4.15. The maximum Gasteiger partial charge on any atom is 0.333 e. The van der Waals surface area contributed by atoms with Crippen LogP contribution in [0.1, 0.15) is 30.6 Å². The lowest BCUT2D eigenvalue weighted by Gasteiger charge is -2.30. The maximum absolute atomic E-state index is 11.1. The second-order valence-corrected chi connectivity index (χ2v) is 9.31. The van der Waals surface area contributed by atoms with E-state index in [1.807, 2.05) is 18.2 Å². The molecule has 0 aliphatic heterocycles. The molecule has 31 heavy (non-hydrogen) atoms. The van der Waals surface area contributed by atoms with Crippen LogP contribution in [0.4, 0.5) is 0 Å². The summed E-state index contributed by atoms with van der Waals surface area (Å²) in [4.78, 5) is 13.2. The van der Waals surface area contributed by atoms with Gasteiger partial charge in [-0.15, -0.1) is 0 Å². The Morgan fingerprint density at radius 1 is 1.23 bits per heavy atom. The predicted octanol–water partition coefficient (Wildman–Crippen LogP) is 0.505. The van der Waals surface area contributed by atoms with E-state index in [-0.39, 0.29) is 13.0 Å². The molecule has 1 aliphatic rings. The van der Waals surface area contributed by atoms with E-state index in [2.05, 4.69) is 31.3 Å². The molecule has 2 aromatic heterocycles. The molecule has 1 aromatic carbocycles. The van der Waals surface area contributed by atoms with E-state index < -0.39 is 34.0 Å². The highest BCUT2D eigenvalue weighted by molar-refractivity contribution is 7.84. The zero-order valence-electron chi connectivity index (χ0n) is 17.0. The molecule has 4 N–H and O–H groups in total. The van der Waals surface area contributed by atoms with Crippen LogP contribution in [0.2, 0.25) is 0 Å².